The molecule has 1 unspecified atom stereocenters. The van der Waals surface area contributed by atoms with E-state index in [1.807, 2.05) is 0 Å². The van der Waals surface area contributed by atoms with Crippen molar-refractivity contribution in [2.45, 2.75) is 17.4 Å². The standard InChI is InChI=1S/C12H13BrO4S/c1-18-10-3-2-7(4-8(14)6-13)5-9(10)11(15)12(16)17/h2-3,5,11,15H,4,6H2,1H3,(H,16,17). The first-order chi connectivity index (χ1) is 8.49. The molecule has 0 aliphatic carbocycles. The van der Waals surface area contributed by atoms with E-state index in [2.05, 4.69) is 15.9 Å². The summed E-state index contributed by atoms with van der Waals surface area (Å²) in [5, 5.41) is 18.7. The number of carbonyl (C=O) groups excluding carboxylic acids is 1. The number of hydrogen-bond acceptors (Lipinski definition) is 4. The summed E-state index contributed by atoms with van der Waals surface area (Å²) in [4.78, 5) is 22.8. The summed E-state index contributed by atoms with van der Waals surface area (Å²) in [6, 6.07) is 5.07. The van der Waals surface area contributed by atoms with Gasteiger partial charge in [0.1, 0.15) is 5.78 Å². The third kappa shape index (κ3) is 3.83. The molecule has 2 N–H and O–H groups in total. The van der Waals surface area contributed by atoms with Gasteiger partial charge in [-0.2, -0.15) is 0 Å². The van der Waals surface area contributed by atoms with Crippen molar-refractivity contribution >= 4 is 39.4 Å². The molecule has 1 aromatic carbocycles. The maximum atomic E-state index is 11.3. The molecule has 1 atom stereocenters. The predicted molar refractivity (Wildman–Crippen MR) is 73.3 cm³/mol. The van der Waals surface area contributed by atoms with E-state index in [0.29, 0.717) is 16.0 Å². The van der Waals surface area contributed by atoms with Crippen LogP contribution in [0.2, 0.25) is 0 Å². The van der Waals surface area contributed by atoms with E-state index in [-0.39, 0.29) is 17.5 Å². The highest BCUT2D eigenvalue weighted by molar-refractivity contribution is 9.09. The normalized spacial score (nSPS) is 12.2. The molecule has 0 saturated heterocycles. The van der Waals surface area contributed by atoms with Crippen LogP contribution >= 0.6 is 27.7 Å². The van der Waals surface area contributed by atoms with Gasteiger partial charge in [-0.15, -0.1) is 11.8 Å². The van der Waals surface area contributed by atoms with E-state index in [9.17, 15) is 14.7 Å². The summed E-state index contributed by atoms with van der Waals surface area (Å²) in [5.74, 6) is -1.29. The van der Waals surface area contributed by atoms with Gasteiger partial charge in [0.2, 0.25) is 0 Å². The molecular formula is C12H13BrO4S. The first kappa shape index (κ1) is 15.2. The van der Waals surface area contributed by atoms with Gasteiger partial charge in [-0.1, -0.05) is 28.1 Å². The third-order valence-corrected chi connectivity index (χ3v) is 3.81. The summed E-state index contributed by atoms with van der Waals surface area (Å²) in [6.45, 7) is 0. The van der Waals surface area contributed by atoms with Gasteiger partial charge in [0.05, 0.1) is 5.33 Å². The molecule has 0 aliphatic rings. The fourth-order valence-corrected chi connectivity index (χ4v) is 2.32. The lowest BCUT2D eigenvalue weighted by molar-refractivity contribution is -0.147. The van der Waals surface area contributed by atoms with Crippen molar-refractivity contribution < 1.29 is 19.8 Å². The second kappa shape index (κ2) is 6.92. The minimum absolute atomic E-state index is 0.00247. The van der Waals surface area contributed by atoms with Gasteiger partial charge in [-0.3, -0.25) is 4.79 Å². The number of alkyl halides is 1. The van der Waals surface area contributed by atoms with Gasteiger partial charge >= 0.3 is 5.97 Å². The van der Waals surface area contributed by atoms with Crippen LogP contribution in [0.1, 0.15) is 17.2 Å². The molecule has 0 radical (unpaired) electrons. The molecule has 0 spiro atoms. The van der Waals surface area contributed by atoms with Crippen molar-refractivity contribution in [2.75, 3.05) is 11.6 Å². The Morgan fingerprint density at radius 2 is 2.11 bits per heavy atom. The van der Waals surface area contributed by atoms with Gasteiger partial charge in [-0.05, 0) is 17.9 Å². The first-order valence-corrected chi connectivity index (χ1v) is 7.49. The summed E-state index contributed by atoms with van der Waals surface area (Å²) >= 11 is 4.43. The summed E-state index contributed by atoms with van der Waals surface area (Å²) in [7, 11) is 0. The van der Waals surface area contributed by atoms with Crippen molar-refractivity contribution in [3.8, 4) is 0 Å². The molecule has 98 valence electrons. The fraction of sp³-hybridized carbons (Fsp3) is 0.333. The van der Waals surface area contributed by atoms with Gasteiger partial charge in [0.25, 0.3) is 0 Å². The quantitative estimate of drug-likeness (QED) is 0.615. The summed E-state index contributed by atoms with van der Waals surface area (Å²) < 4.78 is 0. The van der Waals surface area contributed by atoms with Crippen LogP contribution in [0.3, 0.4) is 0 Å². The number of hydrogen-bond donors (Lipinski definition) is 2. The molecular weight excluding hydrogens is 320 g/mol. The zero-order valence-corrected chi connectivity index (χ0v) is 12.1. The largest absolute Gasteiger partial charge is 0.479 e. The Morgan fingerprint density at radius 3 is 2.61 bits per heavy atom. The van der Waals surface area contributed by atoms with E-state index in [1.54, 1.807) is 24.5 Å². The molecule has 1 rings (SSSR count). The van der Waals surface area contributed by atoms with Crippen molar-refractivity contribution in [2.24, 2.45) is 0 Å². The summed E-state index contributed by atoms with van der Waals surface area (Å²) in [6.07, 6.45) is 0.460. The van der Waals surface area contributed by atoms with Gasteiger partial charge < -0.3 is 10.2 Å². The van der Waals surface area contributed by atoms with Crippen molar-refractivity contribution in [3.05, 3.63) is 29.3 Å². The average molecular weight is 333 g/mol. The van der Waals surface area contributed by atoms with Crippen LogP contribution in [0.4, 0.5) is 0 Å². The smallest absolute Gasteiger partial charge is 0.337 e. The fourth-order valence-electron chi connectivity index (χ4n) is 1.52. The Hall–Kier alpha value is -0.850. The zero-order chi connectivity index (χ0) is 13.7. The number of halogens is 1. The third-order valence-electron chi connectivity index (χ3n) is 2.37. The average Bonchev–Trinajstić information content (AvgIpc) is 2.37. The molecule has 0 saturated carbocycles. The van der Waals surface area contributed by atoms with E-state index < -0.39 is 12.1 Å². The Kier molecular flexibility index (Phi) is 5.84. The van der Waals surface area contributed by atoms with Crippen LogP contribution in [0.25, 0.3) is 0 Å². The number of aliphatic hydroxyl groups excluding tert-OH is 1. The Balaban J connectivity index is 3.09. The van der Waals surface area contributed by atoms with Crippen LogP contribution in [0, 0.1) is 0 Å². The molecule has 0 aromatic heterocycles. The highest BCUT2D eigenvalue weighted by Crippen LogP contribution is 2.27. The predicted octanol–water partition coefficient (Wildman–Crippen LogP) is 2.03. The molecule has 0 heterocycles. The minimum atomic E-state index is -1.56. The number of thioether (sulfide) groups is 1. The van der Waals surface area contributed by atoms with E-state index in [1.165, 1.54) is 11.8 Å². The Bertz CT molecular complexity index is 461. The lowest BCUT2D eigenvalue weighted by Crippen LogP contribution is -2.12. The topological polar surface area (TPSA) is 74.6 Å². The van der Waals surface area contributed by atoms with Crippen LogP contribution < -0.4 is 0 Å². The molecule has 0 bridgehead atoms. The molecule has 6 heteroatoms. The lowest BCUT2D eigenvalue weighted by Gasteiger charge is -2.12. The summed E-state index contributed by atoms with van der Waals surface area (Å²) in [5.41, 5.74) is 1.03. The van der Waals surface area contributed by atoms with Crippen molar-refractivity contribution in [3.63, 3.8) is 0 Å². The highest BCUT2D eigenvalue weighted by Gasteiger charge is 2.20. The van der Waals surface area contributed by atoms with Crippen molar-refractivity contribution in [1.82, 2.24) is 0 Å². The number of ketones is 1. The monoisotopic (exact) mass is 332 g/mol. The maximum Gasteiger partial charge on any atom is 0.337 e. The molecule has 0 fully saturated rings. The van der Waals surface area contributed by atoms with Crippen LogP contribution in [0.15, 0.2) is 23.1 Å². The molecule has 4 nitrogen and oxygen atoms in total. The van der Waals surface area contributed by atoms with E-state index >= 15 is 0 Å². The lowest BCUT2D eigenvalue weighted by atomic mass is 10.0. The number of carboxylic acid groups (broad SMARTS) is 1. The number of rotatable bonds is 6. The van der Waals surface area contributed by atoms with Crippen molar-refractivity contribution in [1.29, 1.82) is 0 Å². The Labute approximate surface area is 118 Å². The zero-order valence-electron chi connectivity index (χ0n) is 9.72. The minimum Gasteiger partial charge on any atom is -0.479 e. The number of carboxylic acids is 1. The molecule has 18 heavy (non-hydrogen) atoms. The highest BCUT2D eigenvalue weighted by atomic mass is 79.9. The van der Waals surface area contributed by atoms with Crippen LogP contribution in [-0.4, -0.2) is 33.6 Å². The van der Waals surface area contributed by atoms with Crippen LogP contribution in [-0.2, 0) is 16.0 Å². The van der Waals surface area contributed by atoms with Gasteiger partial charge in [-0.25, -0.2) is 4.79 Å². The van der Waals surface area contributed by atoms with E-state index in [4.69, 9.17) is 5.11 Å². The Morgan fingerprint density at radius 1 is 1.44 bits per heavy atom. The SMILES string of the molecule is CSc1ccc(CC(=O)CBr)cc1C(O)C(=O)O. The second-order valence-electron chi connectivity index (χ2n) is 3.67. The van der Waals surface area contributed by atoms with E-state index in [0.717, 1.165) is 0 Å². The van der Waals surface area contributed by atoms with Crippen LogP contribution in [0.5, 0.6) is 0 Å². The number of aliphatic carboxylic acids is 1. The van der Waals surface area contributed by atoms with Gasteiger partial charge in [0.15, 0.2) is 6.10 Å². The number of aliphatic hydroxyl groups is 1. The second-order valence-corrected chi connectivity index (χ2v) is 5.07. The first-order valence-electron chi connectivity index (χ1n) is 5.15. The maximum absolute atomic E-state index is 11.3. The number of benzene rings is 1. The van der Waals surface area contributed by atoms with Gasteiger partial charge in [0, 0.05) is 16.9 Å². The molecule has 0 aliphatic heterocycles. The number of Topliss-reactive ketones (excluding diaryl/α,β-unsaturated/α-hetero) is 1. The number of carbonyl (C=O) groups is 2. The molecule has 0 amide bonds. The molecule has 1 aromatic rings.